The minimum Gasteiger partial charge on any atom is -0.361 e. The molecule has 6 aromatic rings. The van der Waals surface area contributed by atoms with E-state index < -0.39 is 0 Å². The first-order chi connectivity index (χ1) is 36.3. The molecule has 0 saturated heterocycles. The SMILES string of the molecule is C=CCN(CC=C)C1=C(N(CC=C)CC=C)c2cc3[nH]c(cc4nc(cc5[nH]c(cc1n2)c1cc(CCCC)c(CCCC)cc51)-c1cc(CCCC)c(CCCC)cc1-4)c1cc(CCCC)c(CCCC)cc31. The molecule has 0 radical (unpaired) electrons. The predicted octanol–water partition coefficient (Wildman–Crippen LogP) is 18.2. The standard InChI is InChI=1S/C68H86N6/c1-11-21-27-47-37-53-54(38-48(47)28-22-12-2)60-44-62-56-40-50(30-24-14-4)52(32-26-16-6)42-58(56)64(71-62)46-66-68(74(35-19-9)36-20-10)67(73(33-17-7)34-18-8)65(72-66)45-63-57-41-51(31-25-15-5)49(29-23-13-3)39-55(57)61(70-63)43-59(53)69-60/h17-20,37-46,70-71H,7-16,21-36H2,1-6H3. The second-order valence-corrected chi connectivity index (χ2v) is 21.0. The summed E-state index contributed by atoms with van der Waals surface area (Å²) in [5.74, 6) is 0. The van der Waals surface area contributed by atoms with E-state index in [1.807, 2.05) is 24.3 Å². The summed E-state index contributed by atoms with van der Waals surface area (Å²) in [6, 6.07) is 24.4. The molecule has 3 aromatic heterocycles. The maximum absolute atomic E-state index is 5.77. The van der Waals surface area contributed by atoms with Crippen LogP contribution in [0, 0.1) is 0 Å². The molecule has 3 aromatic carbocycles. The molecular formula is C68H86N6. The van der Waals surface area contributed by atoms with Crippen molar-refractivity contribution >= 4 is 55.0 Å². The van der Waals surface area contributed by atoms with E-state index in [-0.39, 0.29) is 0 Å². The molecule has 0 atom stereocenters. The van der Waals surface area contributed by atoms with Crippen LogP contribution in [0.15, 0.2) is 111 Å². The quantitative estimate of drug-likeness (QED) is 0.0480. The lowest BCUT2D eigenvalue weighted by Crippen LogP contribution is -2.28. The van der Waals surface area contributed by atoms with Gasteiger partial charge in [-0.15, -0.1) is 26.3 Å². The molecular weight excluding hydrogens is 901 g/mol. The van der Waals surface area contributed by atoms with E-state index in [0.29, 0.717) is 26.2 Å². The van der Waals surface area contributed by atoms with Crippen molar-refractivity contribution in [2.75, 3.05) is 26.2 Å². The largest absolute Gasteiger partial charge is 0.361 e. The average molecular weight is 987 g/mol. The normalized spacial score (nSPS) is 12.2. The van der Waals surface area contributed by atoms with E-state index in [4.69, 9.17) is 9.97 Å². The molecule has 2 N–H and O–H groups in total. The summed E-state index contributed by atoms with van der Waals surface area (Å²) in [6.45, 7) is 33.4. The summed E-state index contributed by atoms with van der Waals surface area (Å²) >= 11 is 0. The lowest BCUT2D eigenvalue weighted by Gasteiger charge is -2.29. The number of rotatable bonds is 28. The van der Waals surface area contributed by atoms with Gasteiger partial charge >= 0.3 is 0 Å². The van der Waals surface area contributed by atoms with Crippen LogP contribution < -0.4 is 0 Å². The van der Waals surface area contributed by atoms with Crippen molar-refractivity contribution in [3.63, 3.8) is 0 Å². The zero-order valence-electron chi connectivity index (χ0n) is 46.3. The lowest BCUT2D eigenvalue weighted by atomic mass is 9.91. The van der Waals surface area contributed by atoms with Crippen LogP contribution in [0.25, 0.3) is 77.5 Å². The van der Waals surface area contributed by atoms with Gasteiger partial charge in [-0.1, -0.05) is 104 Å². The smallest absolute Gasteiger partial charge is 0.0914 e. The Morgan fingerprint density at radius 2 is 0.595 bits per heavy atom. The summed E-state index contributed by atoms with van der Waals surface area (Å²) in [7, 11) is 0. The highest BCUT2D eigenvalue weighted by Gasteiger charge is 2.29. The third-order valence-electron chi connectivity index (χ3n) is 15.4. The second kappa shape index (κ2) is 25.7. The molecule has 0 saturated carbocycles. The Labute approximate surface area is 444 Å². The number of benzene rings is 3. The first-order valence-corrected chi connectivity index (χ1v) is 28.8. The molecule has 8 bridgehead atoms. The van der Waals surface area contributed by atoms with Crippen molar-refractivity contribution in [3.05, 3.63) is 156 Å². The van der Waals surface area contributed by atoms with Gasteiger partial charge in [0.2, 0.25) is 0 Å². The number of aryl methyl sites for hydroxylation is 6. The highest BCUT2D eigenvalue weighted by molar-refractivity contribution is 6.11. The van der Waals surface area contributed by atoms with E-state index in [0.717, 1.165) is 146 Å². The van der Waals surface area contributed by atoms with Gasteiger partial charge in [-0.05, 0) is 171 Å². The van der Waals surface area contributed by atoms with Crippen molar-refractivity contribution in [3.8, 4) is 22.5 Å². The van der Waals surface area contributed by atoms with Crippen LogP contribution in [0.2, 0.25) is 0 Å². The predicted molar refractivity (Wildman–Crippen MR) is 323 cm³/mol. The van der Waals surface area contributed by atoms with Crippen molar-refractivity contribution in [2.45, 2.75) is 157 Å². The maximum atomic E-state index is 5.77. The Hall–Kier alpha value is -6.40. The summed E-state index contributed by atoms with van der Waals surface area (Å²) in [6.07, 6.45) is 28.3. The highest BCUT2D eigenvalue weighted by Crippen LogP contribution is 2.43. The zero-order valence-corrected chi connectivity index (χ0v) is 46.3. The molecule has 8 rings (SSSR count). The molecule has 5 heterocycles. The van der Waals surface area contributed by atoms with E-state index in [9.17, 15) is 0 Å². The topological polar surface area (TPSA) is 63.8 Å². The van der Waals surface area contributed by atoms with Gasteiger partial charge < -0.3 is 19.8 Å². The number of nitrogens with one attached hydrogen (secondary N) is 2. The third-order valence-corrected chi connectivity index (χ3v) is 15.4. The number of H-pyrrole nitrogens is 2. The molecule has 0 fully saturated rings. The third kappa shape index (κ3) is 11.6. The summed E-state index contributed by atoms with van der Waals surface area (Å²) < 4.78 is 0. The van der Waals surface area contributed by atoms with Gasteiger partial charge in [0.05, 0.1) is 34.2 Å². The highest BCUT2D eigenvalue weighted by atomic mass is 15.2. The fraction of sp³-hybridized carbons (Fsp3) is 0.412. The van der Waals surface area contributed by atoms with Crippen molar-refractivity contribution in [1.29, 1.82) is 0 Å². The first-order valence-electron chi connectivity index (χ1n) is 28.8. The number of hydrogen-bond acceptors (Lipinski definition) is 4. The van der Waals surface area contributed by atoms with Crippen LogP contribution in [0.5, 0.6) is 0 Å². The van der Waals surface area contributed by atoms with Crippen molar-refractivity contribution in [1.82, 2.24) is 29.7 Å². The molecule has 6 nitrogen and oxygen atoms in total. The van der Waals surface area contributed by atoms with E-state index in [1.165, 1.54) is 91.7 Å². The van der Waals surface area contributed by atoms with Crippen LogP contribution in [0.1, 0.15) is 163 Å². The monoisotopic (exact) mass is 987 g/mol. The van der Waals surface area contributed by atoms with Gasteiger partial charge in [0, 0.05) is 80.9 Å². The minimum absolute atomic E-state index is 0.623. The van der Waals surface area contributed by atoms with E-state index in [1.54, 1.807) is 0 Å². The van der Waals surface area contributed by atoms with Crippen LogP contribution in [-0.2, 0) is 38.5 Å². The number of hydrogen-bond donors (Lipinski definition) is 2. The van der Waals surface area contributed by atoms with Gasteiger partial charge in [0.15, 0.2) is 0 Å². The molecule has 0 spiro atoms. The fourth-order valence-electron chi connectivity index (χ4n) is 11.5. The van der Waals surface area contributed by atoms with Gasteiger partial charge in [-0.25, -0.2) is 9.97 Å². The van der Waals surface area contributed by atoms with Gasteiger partial charge in [0.25, 0.3) is 0 Å². The number of fused-ring (bicyclic) bond motifs is 17. The van der Waals surface area contributed by atoms with Crippen LogP contribution in [0.4, 0.5) is 0 Å². The molecule has 0 unspecified atom stereocenters. The number of aromatic nitrogens is 4. The lowest BCUT2D eigenvalue weighted by molar-refractivity contribution is 0.456. The Bertz CT molecular complexity index is 2960. The molecule has 2 aliphatic heterocycles. The zero-order chi connectivity index (χ0) is 52.1. The summed E-state index contributed by atoms with van der Waals surface area (Å²) in [5, 5.41) is 4.89. The van der Waals surface area contributed by atoms with Gasteiger partial charge in [0.1, 0.15) is 0 Å². The second-order valence-electron chi connectivity index (χ2n) is 21.0. The van der Waals surface area contributed by atoms with Gasteiger partial charge in [-0.2, -0.15) is 0 Å². The van der Waals surface area contributed by atoms with Crippen molar-refractivity contribution < 1.29 is 0 Å². The molecule has 388 valence electrons. The number of unbranched alkanes of at least 4 members (excludes halogenated alkanes) is 6. The van der Waals surface area contributed by atoms with E-state index in [2.05, 4.69) is 148 Å². The molecule has 6 heteroatoms. The van der Waals surface area contributed by atoms with Gasteiger partial charge in [-0.3, -0.25) is 0 Å². The molecule has 74 heavy (non-hydrogen) atoms. The van der Waals surface area contributed by atoms with Crippen LogP contribution in [-0.4, -0.2) is 55.9 Å². The van der Waals surface area contributed by atoms with Crippen molar-refractivity contribution in [2.24, 2.45) is 0 Å². The number of nitrogens with zero attached hydrogens (tertiary/aromatic N) is 4. The fourth-order valence-corrected chi connectivity index (χ4v) is 11.5. The first kappa shape index (κ1) is 53.9. The number of aromatic amines is 2. The minimum atomic E-state index is 0.623. The Kier molecular flexibility index (Phi) is 18.7. The Morgan fingerprint density at radius 1 is 0.351 bits per heavy atom. The van der Waals surface area contributed by atoms with Crippen LogP contribution in [0.3, 0.4) is 0 Å². The Balaban J connectivity index is 1.61. The summed E-state index contributed by atoms with van der Waals surface area (Å²) in [4.78, 5) is 24.4. The molecule has 0 amide bonds. The molecule has 2 aliphatic rings. The molecule has 0 aliphatic carbocycles. The average Bonchev–Trinajstić information content (AvgIpc) is 4.13. The van der Waals surface area contributed by atoms with E-state index >= 15 is 0 Å². The summed E-state index contributed by atoms with van der Waals surface area (Å²) in [5.41, 5.74) is 21.4. The van der Waals surface area contributed by atoms with Crippen LogP contribution >= 0.6 is 0 Å². The Morgan fingerprint density at radius 3 is 0.851 bits per heavy atom. The maximum Gasteiger partial charge on any atom is 0.0914 e.